The van der Waals surface area contributed by atoms with Crippen molar-refractivity contribution in [3.63, 3.8) is 0 Å². The second kappa shape index (κ2) is 9.00. The molecule has 0 saturated heterocycles. The minimum absolute atomic E-state index is 0.155. The van der Waals surface area contributed by atoms with E-state index in [1.54, 1.807) is 0 Å². The molecule has 1 nitrogen and oxygen atoms in total. The monoisotopic (exact) mass is 314 g/mol. The third kappa shape index (κ3) is 4.78. The zero-order chi connectivity index (χ0) is 15.9. The fraction of sp³-hybridized carbons (Fsp3) is 0.895. The minimum Gasteiger partial charge on any atom is -0.379 e. The second-order valence-corrected chi connectivity index (χ2v) is 7.13. The van der Waals surface area contributed by atoms with Crippen LogP contribution >= 0.6 is 0 Å². The Hall–Kier alpha value is -0.440. The van der Waals surface area contributed by atoms with Gasteiger partial charge in [0, 0.05) is 18.4 Å². The summed E-state index contributed by atoms with van der Waals surface area (Å²) in [4.78, 5) is 0. The van der Waals surface area contributed by atoms with E-state index in [1.165, 1.54) is 12.8 Å². The first-order valence-electron chi connectivity index (χ1n) is 9.32. The molecule has 0 bridgehead atoms. The Bertz CT molecular complexity index is 316. The lowest BCUT2D eigenvalue weighted by atomic mass is 9.78. The molecule has 0 N–H and O–H groups in total. The van der Waals surface area contributed by atoms with Gasteiger partial charge in [0.15, 0.2) is 0 Å². The van der Waals surface area contributed by atoms with Crippen molar-refractivity contribution in [1.29, 1.82) is 0 Å². The Labute approximate surface area is 134 Å². The summed E-state index contributed by atoms with van der Waals surface area (Å²) in [5, 5.41) is 0. The van der Waals surface area contributed by atoms with Gasteiger partial charge in [-0.05, 0) is 64.2 Å². The van der Waals surface area contributed by atoms with Crippen molar-refractivity contribution in [3.8, 4) is 0 Å². The summed E-state index contributed by atoms with van der Waals surface area (Å²) >= 11 is 0. The Kier molecular flexibility index (Phi) is 7.33. The van der Waals surface area contributed by atoms with Gasteiger partial charge >= 0.3 is 0 Å². The largest absolute Gasteiger partial charge is 0.379 e. The molecule has 0 spiro atoms. The molecular weight excluding hydrogens is 282 g/mol. The Balaban J connectivity index is 1.85. The van der Waals surface area contributed by atoms with Crippen molar-refractivity contribution >= 4 is 0 Å². The molecule has 0 aromatic heterocycles. The molecule has 2 aliphatic rings. The van der Waals surface area contributed by atoms with Crippen LogP contribution in [0, 0.1) is 17.8 Å². The smallest absolute Gasteiger partial charge is 0.135 e. The molecule has 0 unspecified atom stereocenters. The Morgan fingerprint density at radius 1 is 0.818 bits per heavy atom. The van der Waals surface area contributed by atoms with Gasteiger partial charge < -0.3 is 4.74 Å². The highest BCUT2D eigenvalue weighted by atomic mass is 19.2. The maximum atomic E-state index is 14.5. The predicted octanol–water partition coefficient (Wildman–Crippen LogP) is 6.34. The molecule has 2 saturated carbocycles. The number of hydrogen-bond acceptors (Lipinski definition) is 1. The molecule has 0 heterocycles. The van der Waals surface area contributed by atoms with Crippen LogP contribution in [-0.2, 0) is 4.74 Å². The summed E-state index contributed by atoms with van der Waals surface area (Å²) in [6, 6.07) is 0. The molecule has 2 aliphatic carbocycles. The lowest BCUT2D eigenvalue weighted by Gasteiger charge is -2.30. The third-order valence-corrected chi connectivity index (χ3v) is 5.57. The Morgan fingerprint density at radius 3 is 1.77 bits per heavy atom. The van der Waals surface area contributed by atoms with Crippen molar-refractivity contribution in [2.45, 2.75) is 84.2 Å². The fourth-order valence-electron chi connectivity index (χ4n) is 4.22. The van der Waals surface area contributed by atoms with Gasteiger partial charge in [0.05, 0.1) is 6.10 Å². The highest BCUT2D eigenvalue weighted by molar-refractivity contribution is 5.09. The van der Waals surface area contributed by atoms with E-state index in [0.717, 1.165) is 57.3 Å². The van der Waals surface area contributed by atoms with Gasteiger partial charge in [0.2, 0.25) is 0 Å². The van der Waals surface area contributed by atoms with Gasteiger partial charge in [-0.15, -0.1) is 0 Å². The van der Waals surface area contributed by atoms with Crippen LogP contribution in [0.5, 0.6) is 0 Å². The van der Waals surface area contributed by atoms with Crippen LogP contribution < -0.4 is 0 Å². The number of hydrogen-bond donors (Lipinski definition) is 0. The number of ether oxygens (including phenoxy) is 1. The third-order valence-electron chi connectivity index (χ3n) is 5.57. The van der Waals surface area contributed by atoms with Gasteiger partial charge in [0.25, 0.3) is 0 Å². The molecule has 0 amide bonds. The van der Waals surface area contributed by atoms with Crippen LogP contribution in [0.4, 0.5) is 8.78 Å². The first kappa shape index (κ1) is 17.9. The van der Waals surface area contributed by atoms with Gasteiger partial charge in [-0.3, -0.25) is 0 Å². The van der Waals surface area contributed by atoms with Crippen molar-refractivity contribution < 1.29 is 13.5 Å². The lowest BCUT2D eigenvalue weighted by molar-refractivity contribution is 0.0267. The molecule has 0 atom stereocenters. The summed E-state index contributed by atoms with van der Waals surface area (Å²) in [5.41, 5.74) is 0. The first-order chi connectivity index (χ1) is 10.7. The van der Waals surface area contributed by atoms with E-state index in [-0.39, 0.29) is 17.9 Å². The van der Waals surface area contributed by atoms with Gasteiger partial charge in [0.1, 0.15) is 11.7 Å². The zero-order valence-electron chi connectivity index (χ0n) is 14.3. The van der Waals surface area contributed by atoms with E-state index in [2.05, 4.69) is 6.92 Å². The quantitative estimate of drug-likeness (QED) is 0.556. The highest BCUT2D eigenvalue weighted by Crippen LogP contribution is 2.41. The van der Waals surface area contributed by atoms with Crippen LogP contribution in [0.3, 0.4) is 0 Å². The highest BCUT2D eigenvalue weighted by Gasteiger charge is 2.31. The number of halogens is 2. The summed E-state index contributed by atoms with van der Waals surface area (Å²) in [7, 11) is 0. The van der Waals surface area contributed by atoms with E-state index < -0.39 is 11.7 Å². The fourth-order valence-corrected chi connectivity index (χ4v) is 4.22. The molecule has 0 aromatic rings. The van der Waals surface area contributed by atoms with Gasteiger partial charge in [-0.25, -0.2) is 8.78 Å². The SMILES string of the molecule is CCCC1CCC(/C(F)=C(\F)C2CCC(OCC)CC2)CC1. The molecule has 3 heteroatoms. The van der Waals surface area contributed by atoms with Crippen molar-refractivity contribution in [3.05, 3.63) is 11.7 Å². The van der Waals surface area contributed by atoms with Crippen LogP contribution in [0.1, 0.15) is 78.1 Å². The average Bonchev–Trinajstić information content (AvgIpc) is 2.55. The molecule has 2 fully saturated rings. The van der Waals surface area contributed by atoms with Gasteiger partial charge in [-0.1, -0.05) is 19.8 Å². The van der Waals surface area contributed by atoms with Crippen LogP contribution in [-0.4, -0.2) is 12.7 Å². The van der Waals surface area contributed by atoms with Crippen molar-refractivity contribution in [2.75, 3.05) is 6.61 Å². The molecule has 22 heavy (non-hydrogen) atoms. The maximum Gasteiger partial charge on any atom is 0.135 e. The topological polar surface area (TPSA) is 9.23 Å². The number of allylic oxidation sites excluding steroid dienone is 2. The Morgan fingerprint density at radius 2 is 1.32 bits per heavy atom. The van der Waals surface area contributed by atoms with Gasteiger partial charge in [-0.2, -0.15) is 0 Å². The van der Waals surface area contributed by atoms with Crippen LogP contribution in [0.25, 0.3) is 0 Å². The van der Waals surface area contributed by atoms with Crippen LogP contribution in [0.2, 0.25) is 0 Å². The molecule has 128 valence electrons. The molecule has 0 radical (unpaired) electrons. The minimum atomic E-state index is -0.436. The predicted molar refractivity (Wildman–Crippen MR) is 87.0 cm³/mol. The van der Waals surface area contributed by atoms with E-state index in [0.29, 0.717) is 6.61 Å². The standard InChI is InChI=1S/C19H32F2O/c1-3-5-14-6-8-15(9-7-14)18(20)19(21)16-10-12-17(13-11-16)22-4-2/h14-17H,3-13H2,1-2H3/b19-18+. The van der Waals surface area contributed by atoms with Crippen molar-refractivity contribution in [2.24, 2.45) is 17.8 Å². The summed E-state index contributed by atoms with van der Waals surface area (Å²) in [5.74, 6) is -0.481. The zero-order valence-corrected chi connectivity index (χ0v) is 14.3. The summed E-state index contributed by atoms with van der Waals surface area (Å²) in [6.45, 7) is 4.90. The lowest BCUT2D eigenvalue weighted by Crippen LogP contribution is -2.23. The molecule has 0 aromatic carbocycles. The van der Waals surface area contributed by atoms with E-state index >= 15 is 0 Å². The van der Waals surface area contributed by atoms with Crippen LogP contribution in [0.15, 0.2) is 11.7 Å². The normalized spacial score (nSPS) is 34.4. The average molecular weight is 314 g/mol. The van der Waals surface area contributed by atoms with E-state index in [1.807, 2.05) is 6.92 Å². The molecular formula is C19H32F2O. The number of rotatable bonds is 6. The maximum absolute atomic E-state index is 14.5. The van der Waals surface area contributed by atoms with Crippen molar-refractivity contribution in [1.82, 2.24) is 0 Å². The first-order valence-corrected chi connectivity index (χ1v) is 9.32. The van der Waals surface area contributed by atoms with E-state index in [4.69, 9.17) is 4.74 Å². The molecule has 0 aliphatic heterocycles. The van der Waals surface area contributed by atoms with E-state index in [9.17, 15) is 8.78 Å². The summed E-state index contributed by atoms with van der Waals surface area (Å²) < 4.78 is 34.6. The molecule has 2 rings (SSSR count). The second-order valence-electron chi connectivity index (χ2n) is 7.13. The summed E-state index contributed by atoms with van der Waals surface area (Å²) in [6.07, 6.45) is 9.67.